The van der Waals surface area contributed by atoms with Crippen LogP contribution in [0.3, 0.4) is 0 Å². The summed E-state index contributed by atoms with van der Waals surface area (Å²) in [6, 6.07) is 17.5. The number of hydrogen-bond acceptors (Lipinski definition) is 2. The standard InChI is InChI=1S/C16H12BrNO2S/c17-18-13-9-5-4-8-12(13)15(16(19)20)14(18)10-21-11-6-2-1-3-7-11/h1-9H,10H2,(H,19,20). The molecule has 0 radical (unpaired) electrons. The normalized spacial score (nSPS) is 10.9. The molecule has 0 saturated carbocycles. The average Bonchev–Trinajstić information content (AvgIpc) is 2.79. The summed E-state index contributed by atoms with van der Waals surface area (Å²) in [5.41, 5.74) is 2.00. The number of thioether (sulfide) groups is 1. The lowest BCUT2D eigenvalue weighted by molar-refractivity contribution is 0.0698. The predicted molar refractivity (Wildman–Crippen MR) is 89.2 cm³/mol. The van der Waals surface area contributed by atoms with E-state index in [9.17, 15) is 9.90 Å². The molecule has 0 fully saturated rings. The van der Waals surface area contributed by atoms with Crippen molar-refractivity contribution in [1.29, 1.82) is 0 Å². The van der Waals surface area contributed by atoms with Crippen molar-refractivity contribution >= 4 is 44.8 Å². The molecule has 3 aromatic rings. The van der Waals surface area contributed by atoms with E-state index in [2.05, 4.69) is 16.1 Å². The minimum atomic E-state index is -0.895. The van der Waals surface area contributed by atoms with Gasteiger partial charge < -0.3 is 5.11 Å². The fraction of sp³-hybridized carbons (Fsp3) is 0.0625. The summed E-state index contributed by atoms with van der Waals surface area (Å²) in [7, 11) is 0. The van der Waals surface area contributed by atoms with E-state index in [0.29, 0.717) is 11.3 Å². The van der Waals surface area contributed by atoms with Gasteiger partial charge in [-0.15, -0.1) is 11.8 Å². The average molecular weight is 362 g/mol. The number of para-hydroxylation sites is 1. The first kappa shape index (κ1) is 14.2. The summed E-state index contributed by atoms with van der Waals surface area (Å²) < 4.78 is 1.79. The molecule has 3 rings (SSSR count). The second kappa shape index (κ2) is 5.95. The van der Waals surface area contributed by atoms with Crippen molar-refractivity contribution in [3.05, 3.63) is 65.9 Å². The Morgan fingerprint density at radius 1 is 1.10 bits per heavy atom. The number of fused-ring (bicyclic) bond motifs is 1. The molecular weight excluding hydrogens is 350 g/mol. The number of carbonyl (C=O) groups is 1. The largest absolute Gasteiger partial charge is 0.478 e. The van der Waals surface area contributed by atoms with Gasteiger partial charge in [-0.1, -0.05) is 36.4 Å². The number of rotatable bonds is 4. The van der Waals surface area contributed by atoms with Gasteiger partial charge in [0.2, 0.25) is 0 Å². The van der Waals surface area contributed by atoms with Gasteiger partial charge >= 0.3 is 5.97 Å². The van der Waals surface area contributed by atoms with E-state index < -0.39 is 5.97 Å². The van der Waals surface area contributed by atoms with Crippen molar-refractivity contribution in [1.82, 2.24) is 3.59 Å². The zero-order chi connectivity index (χ0) is 14.8. The van der Waals surface area contributed by atoms with Crippen molar-refractivity contribution in [2.45, 2.75) is 10.6 Å². The maximum Gasteiger partial charge on any atom is 0.338 e. The van der Waals surface area contributed by atoms with Crippen LogP contribution in [0, 0.1) is 0 Å². The van der Waals surface area contributed by atoms with Gasteiger partial charge in [-0.05, 0) is 18.2 Å². The van der Waals surface area contributed by atoms with Crippen LogP contribution in [-0.4, -0.2) is 14.7 Å². The Balaban J connectivity index is 2.03. The van der Waals surface area contributed by atoms with Gasteiger partial charge in [-0.25, -0.2) is 4.79 Å². The lowest BCUT2D eigenvalue weighted by Gasteiger charge is -2.04. The smallest absolute Gasteiger partial charge is 0.338 e. The predicted octanol–water partition coefficient (Wildman–Crippen LogP) is 4.79. The Hall–Kier alpha value is -1.72. The van der Waals surface area contributed by atoms with E-state index in [-0.39, 0.29) is 0 Å². The number of aromatic nitrogens is 1. The number of hydrogen-bond donors (Lipinski definition) is 1. The summed E-state index contributed by atoms with van der Waals surface area (Å²) >= 11 is 5.10. The topological polar surface area (TPSA) is 42.2 Å². The maximum absolute atomic E-state index is 11.6. The van der Waals surface area contributed by atoms with Crippen molar-refractivity contribution in [3.63, 3.8) is 0 Å². The van der Waals surface area contributed by atoms with Crippen LogP contribution in [0.1, 0.15) is 16.1 Å². The lowest BCUT2D eigenvalue weighted by atomic mass is 10.1. The molecule has 2 aromatic carbocycles. The molecule has 21 heavy (non-hydrogen) atoms. The number of nitrogens with zero attached hydrogens (tertiary/aromatic N) is 1. The third-order valence-electron chi connectivity index (χ3n) is 3.24. The van der Waals surface area contributed by atoms with Gasteiger partial charge in [-0.2, -0.15) is 0 Å². The molecule has 0 aliphatic heterocycles. The van der Waals surface area contributed by atoms with Crippen molar-refractivity contribution in [2.75, 3.05) is 0 Å². The Morgan fingerprint density at radius 3 is 2.48 bits per heavy atom. The number of benzene rings is 2. The molecule has 5 heteroatoms. The molecule has 0 saturated heterocycles. The van der Waals surface area contributed by atoms with Gasteiger partial charge in [0.15, 0.2) is 0 Å². The lowest BCUT2D eigenvalue weighted by Crippen LogP contribution is -2.01. The molecule has 0 amide bonds. The van der Waals surface area contributed by atoms with Gasteiger partial charge in [0.25, 0.3) is 0 Å². The third kappa shape index (κ3) is 2.71. The number of aromatic carboxylic acids is 1. The van der Waals surface area contributed by atoms with Crippen molar-refractivity contribution < 1.29 is 9.90 Å². The summed E-state index contributed by atoms with van der Waals surface area (Å²) in [4.78, 5) is 12.7. The molecule has 0 aliphatic rings. The van der Waals surface area contributed by atoms with Crippen LogP contribution in [0.2, 0.25) is 0 Å². The highest BCUT2D eigenvalue weighted by atomic mass is 79.9. The van der Waals surface area contributed by atoms with Crippen molar-refractivity contribution in [3.8, 4) is 0 Å². The van der Waals surface area contributed by atoms with Gasteiger partial charge in [0.05, 0.1) is 32.9 Å². The number of carboxylic acids is 1. The summed E-state index contributed by atoms with van der Waals surface area (Å²) in [6.07, 6.45) is 0. The van der Waals surface area contributed by atoms with Crippen LogP contribution in [0.4, 0.5) is 0 Å². The first-order valence-corrected chi connectivity index (χ1v) is 8.07. The molecule has 1 N–H and O–H groups in total. The minimum absolute atomic E-state index is 0.367. The Kier molecular flexibility index (Phi) is 4.03. The van der Waals surface area contributed by atoms with E-state index in [1.807, 2.05) is 54.6 Å². The van der Waals surface area contributed by atoms with Gasteiger partial charge in [0, 0.05) is 16.0 Å². The van der Waals surface area contributed by atoms with Crippen LogP contribution in [0.25, 0.3) is 10.9 Å². The molecule has 0 bridgehead atoms. The maximum atomic E-state index is 11.6. The second-order valence-corrected chi connectivity index (χ2v) is 6.28. The summed E-state index contributed by atoms with van der Waals surface area (Å²) in [6.45, 7) is 0. The van der Waals surface area contributed by atoms with E-state index in [0.717, 1.165) is 21.5 Å². The molecular formula is C16H12BrNO2S. The van der Waals surface area contributed by atoms with E-state index in [1.54, 1.807) is 15.4 Å². The number of carboxylic acid groups (broad SMARTS) is 1. The fourth-order valence-corrected chi connectivity index (χ4v) is 4.00. The van der Waals surface area contributed by atoms with E-state index in [1.165, 1.54) is 0 Å². The van der Waals surface area contributed by atoms with Crippen LogP contribution >= 0.6 is 27.9 Å². The third-order valence-corrected chi connectivity index (χ3v) is 5.08. The Bertz CT molecular complexity index is 799. The SMILES string of the molecule is O=C(O)c1c(CSc2ccccc2)n(Br)c2ccccc12. The first-order valence-electron chi connectivity index (χ1n) is 6.38. The van der Waals surface area contributed by atoms with Gasteiger partial charge in [-0.3, -0.25) is 3.59 Å². The highest BCUT2D eigenvalue weighted by Gasteiger charge is 2.21. The molecule has 0 unspecified atom stereocenters. The van der Waals surface area contributed by atoms with Crippen LogP contribution < -0.4 is 0 Å². The molecule has 0 atom stereocenters. The zero-order valence-corrected chi connectivity index (χ0v) is 13.4. The first-order chi connectivity index (χ1) is 10.2. The highest BCUT2D eigenvalue weighted by molar-refractivity contribution is 9.08. The van der Waals surface area contributed by atoms with Crippen LogP contribution in [-0.2, 0) is 5.75 Å². The van der Waals surface area contributed by atoms with Gasteiger partial charge in [0.1, 0.15) is 0 Å². The van der Waals surface area contributed by atoms with Crippen LogP contribution in [0.15, 0.2) is 59.5 Å². The fourth-order valence-electron chi connectivity index (χ4n) is 2.29. The van der Waals surface area contributed by atoms with Crippen molar-refractivity contribution in [2.24, 2.45) is 0 Å². The summed E-state index contributed by atoms with van der Waals surface area (Å²) in [5, 5.41) is 10.3. The second-order valence-electron chi connectivity index (χ2n) is 4.53. The quantitative estimate of drug-likeness (QED) is 0.679. The summed E-state index contributed by atoms with van der Waals surface area (Å²) in [5.74, 6) is -0.306. The molecule has 106 valence electrons. The monoisotopic (exact) mass is 361 g/mol. The molecule has 1 heterocycles. The van der Waals surface area contributed by atoms with E-state index >= 15 is 0 Å². The number of halogens is 1. The molecule has 1 aromatic heterocycles. The zero-order valence-electron chi connectivity index (χ0n) is 11.0. The van der Waals surface area contributed by atoms with Crippen LogP contribution in [0.5, 0.6) is 0 Å². The molecule has 0 spiro atoms. The minimum Gasteiger partial charge on any atom is -0.478 e. The van der Waals surface area contributed by atoms with E-state index in [4.69, 9.17) is 0 Å². The Morgan fingerprint density at radius 2 is 1.76 bits per heavy atom. The molecule has 0 aliphatic carbocycles. The highest BCUT2D eigenvalue weighted by Crippen LogP contribution is 2.32. The Labute approximate surface area is 134 Å². The molecule has 3 nitrogen and oxygen atoms in total.